The van der Waals surface area contributed by atoms with Crippen molar-refractivity contribution >= 4 is 0 Å². The highest BCUT2D eigenvalue weighted by atomic mass is 15.1. The number of hydrogen-bond acceptors (Lipinski definition) is 2. The molecule has 2 heteroatoms. The molecule has 21 heavy (non-hydrogen) atoms. The third-order valence-corrected chi connectivity index (χ3v) is 5.50. The second kappa shape index (κ2) is 7.42. The maximum atomic E-state index is 3.95. The molecule has 116 valence electrons. The van der Waals surface area contributed by atoms with Gasteiger partial charge in [0, 0.05) is 12.1 Å². The summed E-state index contributed by atoms with van der Waals surface area (Å²) in [5, 5.41) is 3.95. The maximum Gasteiger partial charge on any atom is 0.00940 e. The van der Waals surface area contributed by atoms with Crippen LogP contribution in [-0.4, -0.2) is 36.6 Å². The minimum Gasteiger partial charge on any atom is -0.311 e. The summed E-state index contributed by atoms with van der Waals surface area (Å²) in [7, 11) is 0. The SMILES string of the molecule is CCN1CCC(NC2CCC(c3ccccc3)CC2)CC1. The Morgan fingerprint density at radius 3 is 2.14 bits per heavy atom. The van der Waals surface area contributed by atoms with Gasteiger partial charge in [-0.3, -0.25) is 0 Å². The van der Waals surface area contributed by atoms with Crippen molar-refractivity contribution in [2.24, 2.45) is 0 Å². The molecule has 1 aromatic carbocycles. The van der Waals surface area contributed by atoms with Gasteiger partial charge in [-0.2, -0.15) is 0 Å². The van der Waals surface area contributed by atoms with Gasteiger partial charge in [0.15, 0.2) is 0 Å². The molecule has 0 spiro atoms. The van der Waals surface area contributed by atoms with Crippen molar-refractivity contribution in [1.29, 1.82) is 0 Å². The van der Waals surface area contributed by atoms with Crippen LogP contribution in [0.2, 0.25) is 0 Å². The lowest BCUT2D eigenvalue weighted by molar-refractivity contribution is 0.189. The number of likely N-dealkylation sites (tertiary alicyclic amines) is 1. The Morgan fingerprint density at radius 2 is 1.52 bits per heavy atom. The van der Waals surface area contributed by atoms with E-state index in [9.17, 15) is 0 Å². The van der Waals surface area contributed by atoms with Crippen molar-refractivity contribution < 1.29 is 0 Å². The molecule has 2 nitrogen and oxygen atoms in total. The van der Waals surface area contributed by atoms with E-state index in [1.165, 1.54) is 58.2 Å². The highest BCUT2D eigenvalue weighted by Gasteiger charge is 2.25. The van der Waals surface area contributed by atoms with Crippen LogP contribution in [0.1, 0.15) is 56.9 Å². The fraction of sp³-hybridized carbons (Fsp3) is 0.684. The Morgan fingerprint density at radius 1 is 0.905 bits per heavy atom. The predicted octanol–water partition coefficient (Wildman–Crippen LogP) is 3.79. The summed E-state index contributed by atoms with van der Waals surface area (Å²) in [5.74, 6) is 0.797. The molecule has 0 unspecified atom stereocenters. The largest absolute Gasteiger partial charge is 0.311 e. The maximum absolute atomic E-state index is 3.95. The van der Waals surface area contributed by atoms with E-state index < -0.39 is 0 Å². The molecule has 1 aliphatic carbocycles. The molecule has 2 fully saturated rings. The lowest BCUT2D eigenvalue weighted by atomic mass is 9.81. The third kappa shape index (κ3) is 4.08. The van der Waals surface area contributed by atoms with Gasteiger partial charge in [0.2, 0.25) is 0 Å². The molecule has 0 bridgehead atoms. The molecule has 0 aromatic heterocycles. The van der Waals surface area contributed by atoms with Crippen LogP contribution in [0.15, 0.2) is 30.3 Å². The van der Waals surface area contributed by atoms with Gasteiger partial charge in [-0.25, -0.2) is 0 Å². The summed E-state index contributed by atoms with van der Waals surface area (Å²) in [6.07, 6.45) is 8.10. The molecule has 0 atom stereocenters. The molecule has 1 saturated heterocycles. The van der Waals surface area contributed by atoms with Crippen LogP contribution in [0.4, 0.5) is 0 Å². The monoisotopic (exact) mass is 286 g/mol. The first-order valence-electron chi connectivity index (χ1n) is 8.88. The molecular formula is C19H30N2. The van der Waals surface area contributed by atoms with Crippen LogP contribution in [0.5, 0.6) is 0 Å². The summed E-state index contributed by atoms with van der Waals surface area (Å²) in [6.45, 7) is 6.06. The summed E-state index contributed by atoms with van der Waals surface area (Å²) >= 11 is 0. The van der Waals surface area contributed by atoms with Gasteiger partial charge < -0.3 is 10.2 Å². The molecule has 1 saturated carbocycles. The van der Waals surface area contributed by atoms with Gasteiger partial charge in [-0.05, 0) is 69.6 Å². The van der Waals surface area contributed by atoms with Gasteiger partial charge in [-0.1, -0.05) is 37.3 Å². The lowest BCUT2D eigenvalue weighted by Gasteiger charge is -2.36. The lowest BCUT2D eigenvalue weighted by Crippen LogP contribution is -2.46. The fourth-order valence-corrected chi connectivity index (χ4v) is 4.07. The van der Waals surface area contributed by atoms with E-state index in [-0.39, 0.29) is 0 Å². The fourth-order valence-electron chi connectivity index (χ4n) is 4.07. The molecule has 0 radical (unpaired) electrons. The van der Waals surface area contributed by atoms with Crippen molar-refractivity contribution in [3.05, 3.63) is 35.9 Å². The number of hydrogen-bond donors (Lipinski definition) is 1. The molecule has 0 amide bonds. The Hall–Kier alpha value is -0.860. The average Bonchev–Trinajstić information content (AvgIpc) is 2.57. The Balaban J connectivity index is 1.42. The van der Waals surface area contributed by atoms with Crippen LogP contribution in [0, 0.1) is 0 Å². The van der Waals surface area contributed by atoms with E-state index in [1.807, 2.05) is 0 Å². The van der Waals surface area contributed by atoms with Crippen molar-refractivity contribution in [3.63, 3.8) is 0 Å². The number of rotatable bonds is 4. The zero-order chi connectivity index (χ0) is 14.5. The summed E-state index contributed by atoms with van der Waals surface area (Å²) in [6, 6.07) is 12.6. The average molecular weight is 286 g/mol. The molecule has 1 aliphatic heterocycles. The molecule has 1 heterocycles. The standard InChI is InChI=1S/C19H30N2/c1-2-21-14-12-19(13-15-21)20-18-10-8-17(9-11-18)16-6-4-3-5-7-16/h3-7,17-20H,2,8-15H2,1H3. The second-order valence-corrected chi connectivity index (χ2v) is 6.83. The molecular weight excluding hydrogens is 256 g/mol. The van der Waals surface area contributed by atoms with Crippen molar-refractivity contribution in [2.45, 2.75) is 63.5 Å². The normalized spacial score (nSPS) is 28.6. The highest BCUT2D eigenvalue weighted by molar-refractivity contribution is 5.20. The van der Waals surface area contributed by atoms with E-state index in [2.05, 4.69) is 47.5 Å². The Labute approximate surface area is 129 Å². The minimum absolute atomic E-state index is 0.767. The van der Waals surface area contributed by atoms with Crippen LogP contribution >= 0.6 is 0 Å². The molecule has 2 aliphatic rings. The number of benzene rings is 1. The predicted molar refractivity (Wildman–Crippen MR) is 89.7 cm³/mol. The van der Waals surface area contributed by atoms with E-state index in [0.29, 0.717) is 0 Å². The first kappa shape index (κ1) is 15.1. The topological polar surface area (TPSA) is 15.3 Å². The molecule has 1 aromatic rings. The molecule has 3 rings (SSSR count). The van der Waals surface area contributed by atoms with Gasteiger partial charge in [0.1, 0.15) is 0 Å². The number of piperidine rings is 1. The smallest absolute Gasteiger partial charge is 0.00940 e. The first-order valence-corrected chi connectivity index (χ1v) is 8.88. The van der Waals surface area contributed by atoms with Crippen LogP contribution in [0.25, 0.3) is 0 Å². The second-order valence-electron chi connectivity index (χ2n) is 6.83. The first-order chi connectivity index (χ1) is 10.3. The van der Waals surface area contributed by atoms with Gasteiger partial charge in [0.25, 0.3) is 0 Å². The highest BCUT2D eigenvalue weighted by Crippen LogP contribution is 2.33. The van der Waals surface area contributed by atoms with Crippen molar-refractivity contribution in [1.82, 2.24) is 10.2 Å². The summed E-state index contributed by atoms with van der Waals surface area (Å²) in [4.78, 5) is 2.57. The zero-order valence-corrected chi connectivity index (χ0v) is 13.4. The van der Waals surface area contributed by atoms with Crippen molar-refractivity contribution in [3.8, 4) is 0 Å². The Kier molecular flexibility index (Phi) is 5.32. The van der Waals surface area contributed by atoms with Gasteiger partial charge in [-0.15, -0.1) is 0 Å². The summed E-state index contributed by atoms with van der Waals surface area (Å²) in [5.41, 5.74) is 1.55. The zero-order valence-electron chi connectivity index (χ0n) is 13.4. The van der Waals surface area contributed by atoms with Crippen LogP contribution in [-0.2, 0) is 0 Å². The van der Waals surface area contributed by atoms with Crippen molar-refractivity contribution in [2.75, 3.05) is 19.6 Å². The minimum atomic E-state index is 0.767. The van der Waals surface area contributed by atoms with Gasteiger partial charge in [0.05, 0.1) is 0 Å². The molecule has 1 N–H and O–H groups in total. The number of nitrogens with zero attached hydrogens (tertiary/aromatic N) is 1. The third-order valence-electron chi connectivity index (χ3n) is 5.50. The van der Waals surface area contributed by atoms with Crippen LogP contribution in [0.3, 0.4) is 0 Å². The quantitative estimate of drug-likeness (QED) is 0.906. The van der Waals surface area contributed by atoms with E-state index in [1.54, 1.807) is 5.56 Å². The van der Waals surface area contributed by atoms with E-state index >= 15 is 0 Å². The van der Waals surface area contributed by atoms with E-state index in [0.717, 1.165) is 18.0 Å². The Bertz CT molecular complexity index is 401. The van der Waals surface area contributed by atoms with Crippen LogP contribution < -0.4 is 5.32 Å². The number of nitrogens with one attached hydrogen (secondary N) is 1. The van der Waals surface area contributed by atoms with E-state index in [4.69, 9.17) is 0 Å². The van der Waals surface area contributed by atoms with Gasteiger partial charge >= 0.3 is 0 Å². The summed E-state index contributed by atoms with van der Waals surface area (Å²) < 4.78 is 0.